The van der Waals surface area contributed by atoms with Crippen molar-refractivity contribution in [3.63, 3.8) is 0 Å². The van der Waals surface area contributed by atoms with Crippen molar-refractivity contribution in [3.05, 3.63) is 66.1 Å². The van der Waals surface area contributed by atoms with Gasteiger partial charge in [-0.05, 0) is 57.5 Å². The first-order valence-corrected chi connectivity index (χ1v) is 10.1. The Morgan fingerprint density at radius 3 is 2.79 bits per heavy atom. The molecule has 0 spiro atoms. The summed E-state index contributed by atoms with van der Waals surface area (Å²) in [4.78, 5) is 15.0. The van der Waals surface area contributed by atoms with E-state index in [0.717, 1.165) is 36.2 Å². The number of rotatable bonds is 5. The number of carbonyl (C=O) groups is 1. The number of para-hydroxylation sites is 1. The predicted octanol–water partition coefficient (Wildman–Crippen LogP) is 4.46. The molecular weight excluding hydrogens is 364 g/mol. The Balaban J connectivity index is 1.42. The van der Waals surface area contributed by atoms with Gasteiger partial charge in [0.25, 0.3) is 0 Å². The van der Waals surface area contributed by atoms with E-state index in [4.69, 9.17) is 4.42 Å². The number of hydrogen-bond donors (Lipinski definition) is 1. The lowest BCUT2D eigenvalue weighted by Gasteiger charge is -2.34. The number of aromatic nitrogens is 2. The van der Waals surface area contributed by atoms with Crippen LogP contribution < -0.4 is 5.32 Å². The molecule has 1 N–H and O–H groups in total. The number of benzene rings is 2. The largest absolute Gasteiger partial charge is 0.419 e. The van der Waals surface area contributed by atoms with Crippen LogP contribution in [0.1, 0.15) is 37.3 Å². The summed E-state index contributed by atoms with van der Waals surface area (Å²) in [5.41, 5.74) is 2.91. The molecule has 4 rings (SSSR count). The van der Waals surface area contributed by atoms with E-state index >= 15 is 0 Å². The van der Waals surface area contributed by atoms with Gasteiger partial charge in [0.15, 0.2) is 0 Å². The number of likely N-dealkylation sites (tertiary alicyclic amines) is 1. The maximum absolute atomic E-state index is 12.7. The first-order chi connectivity index (χ1) is 14.1. The molecule has 6 heteroatoms. The van der Waals surface area contributed by atoms with Crippen LogP contribution >= 0.6 is 0 Å². The molecule has 1 fully saturated rings. The molecule has 1 aliphatic rings. The smallest absolute Gasteiger partial charge is 0.247 e. The summed E-state index contributed by atoms with van der Waals surface area (Å²) in [6, 6.07) is 17.6. The van der Waals surface area contributed by atoms with Gasteiger partial charge in [0.2, 0.25) is 17.7 Å². The van der Waals surface area contributed by atoms with Crippen molar-refractivity contribution >= 4 is 11.6 Å². The van der Waals surface area contributed by atoms with Crippen LogP contribution in [0, 0.1) is 12.8 Å². The lowest BCUT2D eigenvalue weighted by molar-refractivity contribution is -0.121. The van der Waals surface area contributed by atoms with Crippen molar-refractivity contribution in [1.82, 2.24) is 15.1 Å². The van der Waals surface area contributed by atoms with Crippen LogP contribution in [0.3, 0.4) is 0 Å². The van der Waals surface area contributed by atoms with Crippen LogP contribution in [-0.2, 0) is 4.79 Å². The second-order valence-electron chi connectivity index (χ2n) is 7.68. The molecule has 150 valence electrons. The molecular formula is C23H26N4O2. The highest BCUT2D eigenvalue weighted by molar-refractivity contribution is 5.92. The topological polar surface area (TPSA) is 71.3 Å². The number of hydrogen-bond acceptors (Lipinski definition) is 5. The summed E-state index contributed by atoms with van der Waals surface area (Å²) in [6.45, 7) is 5.70. The number of piperidine rings is 1. The minimum Gasteiger partial charge on any atom is -0.419 e. The van der Waals surface area contributed by atoms with E-state index in [9.17, 15) is 4.79 Å². The first kappa shape index (κ1) is 19.3. The van der Waals surface area contributed by atoms with E-state index in [0.29, 0.717) is 18.3 Å². The highest BCUT2D eigenvalue weighted by Crippen LogP contribution is 2.28. The third-order valence-corrected chi connectivity index (χ3v) is 5.48. The second kappa shape index (κ2) is 8.57. The fraction of sp³-hybridized carbons (Fsp3) is 0.348. The molecule has 0 bridgehead atoms. The van der Waals surface area contributed by atoms with Gasteiger partial charge in [-0.25, -0.2) is 0 Å². The number of amides is 1. The van der Waals surface area contributed by atoms with Gasteiger partial charge in [-0.1, -0.05) is 35.9 Å². The average Bonchev–Trinajstić information content (AvgIpc) is 3.24. The molecule has 3 aromatic rings. The summed E-state index contributed by atoms with van der Waals surface area (Å²) in [7, 11) is 0. The zero-order valence-electron chi connectivity index (χ0n) is 16.8. The molecule has 29 heavy (non-hydrogen) atoms. The van der Waals surface area contributed by atoms with Gasteiger partial charge < -0.3 is 9.73 Å². The van der Waals surface area contributed by atoms with Gasteiger partial charge in [0.05, 0.1) is 12.0 Å². The van der Waals surface area contributed by atoms with Gasteiger partial charge in [-0.2, -0.15) is 0 Å². The maximum atomic E-state index is 12.7. The Morgan fingerprint density at radius 1 is 1.17 bits per heavy atom. The minimum atomic E-state index is -0.0504. The van der Waals surface area contributed by atoms with Crippen molar-refractivity contribution < 1.29 is 9.21 Å². The number of carbonyl (C=O) groups excluding carboxylic acids is 1. The molecule has 2 heterocycles. The summed E-state index contributed by atoms with van der Waals surface area (Å²) in [5.74, 6) is 1.14. The van der Waals surface area contributed by atoms with Gasteiger partial charge in [0, 0.05) is 17.8 Å². The molecule has 1 saturated heterocycles. The van der Waals surface area contributed by atoms with Gasteiger partial charge in [0.1, 0.15) is 0 Å². The lowest BCUT2D eigenvalue weighted by atomic mass is 9.96. The van der Waals surface area contributed by atoms with E-state index in [1.165, 1.54) is 0 Å². The number of aryl methyl sites for hydroxylation is 1. The lowest BCUT2D eigenvalue weighted by Crippen LogP contribution is -2.41. The van der Waals surface area contributed by atoms with Crippen LogP contribution in [0.15, 0.2) is 59.0 Å². The van der Waals surface area contributed by atoms with Crippen molar-refractivity contribution in [2.75, 3.05) is 18.4 Å². The molecule has 0 aliphatic carbocycles. The quantitative estimate of drug-likeness (QED) is 0.697. The highest BCUT2D eigenvalue weighted by atomic mass is 16.4. The Hall–Kier alpha value is -2.99. The normalized spacial score (nSPS) is 18.3. The monoisotopic (exact) mass is 390 g/mol. The van der Waals surface area contributed by atoms with Crippen molar-refractivity contribution in [2.24, 2.45) is 5.92 Å². The van der Waals surface area contributed by atoms with E-state index in [-0.39, 0.29) is 17.9 Å². The Kier molecular flexibility index (Phi) is 5.71. The molecule has 0 saturated carbocycles. The molecule has 0 unspecified atom stereocenters. The van der Waals surface area contributed by atoms with E-state index < -0.39 is 0 Å². The van der Waals surface area contributed by atoms with Crippen LogP contribution in [0.2, 0.25) is 0 Å². The predicted molar refractivity (Wildman–Crippen MR) is 112 cm³/mol. The summed E-state index contributed by atoms with van der Waals surface area (Å²) >= 11 is 0. The zero-order valence-corrected chi connectivity index (χ0v) is 16.8. The SMILES string of the molecule is Cc1cccc(-c2nnc([C@H](C)N3CCC[C@@H](C(=O)Nc4ccccc4)C3)o2)c1. The van der Waals surface area contributed by atoms with Crippen LogP contribution in [0.25, 0.3) is 11.5 Å². The van der Waals surface area contributed by atoms with Crippen molar-refractivity contribution in [1.29, 1.82) is 0 Å². The minimum absolute atomic E-state index is 0.0339. The Bertz CT molecular complexity index is 970. The average molecular weight is 390 g/mol. The third kappa shape index (κ3) is 4.54. The van der Waals surface area contributed by atoms with Crippen LogP contribution in [0.4, 0.5) is 5.69 Å². The van der Waals surface area contributed by atoms with Gasteiger partial charge in [-0.3, -0.25) is 9.69 Å². The zero-order chi connectivity index (χ0) is 20.2. The van der Waals surface area contributed by atoms with E-state index in [1.54, 1.807) is 0 Å². The summed E-state index contributed by atoms with van der Waals surface area (Å²) in [5, 5.41) is 11.5. The Labute approximate surface area is 170 Å². The van der Waals surface area contributed by atoms with Crippen molar-refractivity contribution in [2.45, 2.75) is 32.7 Å². The highest BCUT2D eigenvalue weighted by Gasteiger charge is 2.31. The molecule has 6 nitrogen and oxygen atoms in total. The fourth-order valence-electron chi connectivity index (χ4n) is 3.79. The molecule has 1 aromatic heterocycles. The number of nitrogens with one attached hydrogen (secondary N) is 1. The third-order valence-electron chi connectivity index (χ3n) is 5.48. The van der Waals surface area contributed by atoms with Crippen molar-refractivity contribution in [3.8, 4) is 11.5 Å². The van der Waals surface area contributed by atoms with E-state index in [1.807, 2.05) is 61.5 Å². The van der Waals surface area contributed by atoms with Crippen LogP contribution in [0.5, 0.6) is 0 Å². The second-order valence-corrected chi connectivity index (χ2v) is 7.68. The fourth-order valence-corrected chi connectivity index (χ4v) is 3.79. The Morgan fingerprint density at radius 2 is 2.00 bits per heavy atom. The maximum Gasteiger partial charge on any atom is 0.247 e. The van der Waals surface area contributed by atoms with E-state index in [2.05, 4.69) is 27.3 Å². The summed E-state index contributed by atoms with van der Waals surface area (Å²) in [6.07, 6.45) is 1.86. The molecule has 2 aromatic carbocycles. The van der Waals surface area contributed by atoms with Gasteiger partial charge >= 0.3 is 0 Å². The molecule has 1 amide bonds. The molecule has 0 radical (unpaired) electrons. The van der Waals surface area contributed by atoms with Gasteiger partial charge in [-0.15, -0.1) is 10.2 Å². The summed E-state index contributed by atoms with van der Waals surface area (Å²) < 4.78 is 5.97. The first-order valence-electron chi connectivity index (χ1n) is 10.1. The number of anilines is 1. The number of nitrogens with zero attached hydrogens (tertiary/aromatic N) is 3. The molecule has 2 atom stereocenters. The van der Waals surface area contributed by atoms with Crippen LogP contribution in [-0.4, -0.2) is 34.1 Å². The molecule has 1 aliphatic heterocycles. The standard InChI is InChI=1S/C23H26N4O2/c1-16-8-6-9-18(14-16)23-26-25-22(29-23)17(2)27-13-7-10-19(15-27)21(28)24-20-11-4-3-5-12-20/h3-6,8-9,11-12,14,17,19H,7,10,13,15H2,1-2H3,(H,24,28)/t17-,19+/m0/s1.